The van der Waals surface area contributed by atoms with Crippen LogP contribution in [0, 0.1) is 20.2 Å². The Morgan fingerprint density at radius 3 is 1.47 bits per heavy atom. The van der Waals surface area contributed by atoms with Crippen LogP contribution in [0.15, 0.2) is 48.6 Å². The summed E-state index contributed by atoms with van der Waals surface area (Å²) >= 11 is 0. The number of rotatable bonds is 10. The van der Waals surface area contributed by atoms with E-state index < -0.39 is 21.7 Å². The summed E-state index contributed by atoms with van der Waals surface area (Å²) in [6.45, 7) is 0.447. The van der Waals surface area contributed by atoms with Gasteiger partial charge in [-0.3, -0.25) is 29.8 Å². The molecule has 0 spiro atoms. The number of amides is 2. The van der Waals surface area contributed by atoms with Gasteiger partial charge in [-0.2, -0.15) is 0 Å². The second kappa shape index (κ2) is 9.64. The number of nitrogens with one attached hydrogen (secondary N) is 2. The van der Waals surface area contributed by atoms with E-state index in [1.807, 2.05) is 0 Å². The van der Waals surface area contributed by atoms with Gasteiger partial charge in [-0.25, -0.2) is 0 Å². The summed E-state index contributed by atoms with van der Waals surface area (Å²) in [4.78, 5) is 43.3. The number of nitro groups is 2. The molecule has 0 unspecified atom stereocenters. The van der Waals surface area contributed by atoms with Crippen LogP contribution in [0.25, 0.3) is 0 Å². The van der Waals surface area contributed by atoms with E-state index in [0.29, 0.717) is 0 Å². The molecule has 12 heteroatoms. The second-order valence-electron chi connectivity index (χ2n) is 5.94. The molecular weight excluding hydrogens is 396 g/mol. The summed E-state index contributed by atoms with van der Waals surface area (Å²) in [5, 5.41) is 28.0. The lowest BCUT2D eigenvalue weighted by atomic mass is 10.1. The third-order valence-corrected chi connectivity index (χ3v) is 3.95. The van der Waals surface area contributed by atoms with E-state index in [9.17, 15) is 29.8 Å². The van der Waals surface area contributed by atoms with E-state index in [1.165, 1.54) is 24.3 Å². The molecule has 0 aliphatic rings. The van der Waals surface area contributed by atoms with Crippen molar-refractivity contribution >= 4 is 34.6 Å². The molecule has 2 amide bonds. The summed E-state index contributed by atoms with van der Waals surface area (Å²) in [6, 6.07) is 7.69. The van der Waals surface area contributed by atoms with Crippen LogP contribution in [-0.2, 0) is 0 Å². The zero-order chi connectivity index (χ0) is 22.3. The van der Waals surface area contributed by atoms with Crippen LogP contribution in [0.5, 0.6) is 0 Å². The van der Waals surface area contributed by atoms with Gasteiger partial charge in [-0.05, 0) is 24.3 Å². The molecule has 30 heavy (non-hydrogen) atoms. The quantitative estimate of drug-likeness (QED) is 0.256. The molecular formula is C18H18N6O6. The highest BCUT2D eigenvalue weighted by atomic mass is 16.6. The molecule has 2 aromatic rings. The van der Waals surface area contributed by atoms with Crippen LogP contribution in [-0.4, -0.2) is 34.8 Å². The smallest absolute Gasteiger partial charge is 0.293 e. The van der Waals surface area contributed by atoms with Gasteiger partial charge in [0, 0.05) is 36.3 Å². The van der Waals surface area contributed by atoms with Crippen molar-refractivity contribution < 1.29 is 19.4 Å². The third-order valence-electron chi connectivity index (χ3n) is 3.95. The summed E-state index contributed by atoms with van der Waals surface area (Å²) < 4.78 is 0. The van der Waals surface area contributed by atoms with Crippen molar-refractivity contribution in [3.05, 3.63) is 79.9 Å². The molecule has 0 aromatic heterocycles. The minimum absolute atomic E-state index is 0.0240. The number of benzene rings is 2. The van der Waals surface area contributed by atoms with Gasteiger partial charge in [-0.1, -0.05) is 12.2 Å². The first-order chi connectivity index (χ1) is 14.2. The Hall–Kier alpha value is -4.48. The minimum atomic E-state index is -0.770. The normalized spacial score (nSPS) is 10.5. The van der Waals surface area contributed by atoms with E-state index in [1.54, 1.807) is 12.2 Å². The van der Waals surface area contributed by atoms with E-state index in [0.717, 1.165) is 12.1 Å². The first kappa shape index (κ1) is 21.8. The largest absolute Gasteiger partial charge is 0.376 e. The number of nitrogens with two attached hydrogens (primary N) is 2. The Morgan fingerprint density at radius 2 is 1.17 bits per heavy atom. The van der Waals surface area contributed by atoms with Crippen LogP contribution >= 0.6 is 0 Å². The Balaban J connectivity index is 1.97. The molecule has 12 nitrogen and oxygen atoms in total. The van der Waals surface area contributed by atoms with Crippen molar-refractivity contribution in [1.82, 2.24) is 0 Å². The van der Waals surface area contributed by atoms with Crippen LogP contribution < -0.4 is 22.1 Å². The number of hydrogen-bond donors (Lipinski definition) is 4. The fourth-order valence-electron chi connectivity index (χ4n) is 2.48. The predicted molar refractivity (Wildman–Crippen MR) is 109 cm³/mol. The number of nitro benzene ring substituents is 2. The van der Waals surface area contributed by atoms with E-state index in [4.69, 9.17) is 11.5 Å². The molecule has 0 atom stereocenters. The molecule has 2 aromatic carbocycles. The molecule has 0 aliphatic carbocycles. The SMILES string of the molecule is NC(=O)c1ccc(NC/C=C/CNc2ccc(C(N)=O)cc2[N+](=O)[O-])c([N+](=O)[O-])c1. The van der Waals surface area contributed by atoms with Crippen LogP contribution in [0.2, 0.25) is 0 Å². The summed E-state index contributed by atoms with van der Waals surface area (Å²) in [6.07, 6.45) is 3.31. The first-order valence-electron chi connectivity index (χ1n) is 8.50. The average Bonchev–Trinajstić information content (AvgIpc) is 2.70. The number of carbonyl (C=O) groups is 2. The number of carbonyl (C=O) groups excluding carboxylic acids is 2. The van der Waals surface area contributed by atoms with Crippen molar-refractivity contribution in [1.29, 1.82) is 0 Å². The standard InChI is InChI=1S/C18H18N6O6/c19-17(25)11-3-5-13(15(9-11)23(27)28)21-7-1-2-8-22-14-6-4-12(18(20)26)10-16(14)24(29)30/h1-6,9-10,21-22H,7-8H2,(H2,19,25)(H2,20,26)/b2-1+. The molecule has 0 radical (unpaired) electrons. The molecule has 6 N–H and O–H groups in total. The molecule has 0 fully saturated rings. The molecule has 0 bridgehead atoms. The highest BCUT2D eigenvalue weighted by Crippen LogP contribution is 2.26. The van der Waals surface area contributed by atoms with E-state index in [-0.39, 0.29) is 47.0 Å². The van der Waals surface area contributed by atoms with Gasteiger partial charge in [0.2, 0.25) is 11.8 Å². The molecule has 156 valence electrons. The topological polar surface area (TPSA) is 197 Å². The zero-order valence-electron chi connectivity index (χ0n) is 15.5. The third kappa shape index (κ3) is 5.51. The van der Waals surface area contributed by atoms with Crippen molar-refractivity contribution in [2.75, 3.05) is 23.7 Å². The zero-order valence-corrected chi connectivity index (χ0v) is 15.5. The van der Waals surface area contributed by atoms with Gasteiger partial charge < -0.3 is 22.1 Å². The summed E-state index contributed by atoms with van der Waals surface area (Å²) in [7, 11) is 0. The minimum Gasteiger partial charge on any atom is -0.376 e. The van der Waals surface area contributed by atoms with Crippen LogP contribution in [0.4, 0.5) is 22.7 Å². The maximum absolute atomic E-state index is 11.2. The highest BCUT2D eigenvalue weighted by Gasteiger charge is 2.17. The fourth-order valence-corrected chi connectivity index (χ4v) is 2.48. The van der Waals surface area contributed by atoms with Gasteiger partial charge in [0.05, 0.1) is 9.85 Å². The van der Waals surface area contributed by atoms with Gasteiger partial charge >= 0.3 is 0 Å². The maximum atomic E-state index is 11.2. The van der Waals surface area contributed by atoms with Gasteiger partial charge in [-0.15, -0.1) is 0 Å². The van der Waals surface area contributed by atoms with E-state index >= 15 is 0 Å². The molecule has 0 heterocycles. The van der Waals surface area contributed by atoms with Crippen molar-refractivity contribution in [2.45, 2.75) is 0 Å². The molecule has 2 rings (SSSR count). The number of hydrogen-bond acceptors (Lipinski definition) is 8. The summed E-state index contributed by atoms with van der Waals surface area (Å²) in [5.74, 6) is -1.54. The number of primary amides is 2. The first-order valence-corrected chi connectivity index (χ1v) is 8.50. The van der Waals surface area contributed by atoms with Crippen LogP contribution in [0.1, 0.15) is 20.7 Å². The van der Waals surface area contributed by atoms with Crippen LogP contribution in [0.3, 0.4) is 0 Å². The van der Waals surface area contributed by atoms with E-state index in [2.05, 4.69) is 10.6 Å². The van der Waals surface area contributed by atoms with Gasteiger partial charge in [0.1, 0.15) is 11.4 Å². The Bertz CT molecular complexity index is 954. The highest BCUT2D eigenvalue weighted by molar-refractivity contribution is 5.95. The van der Waals surface area contributed by atoms with Gasteiger partial charge in [0.25, 0.3) is 11.4 Å². The van der Waals surface area contributed by atoms with Crippen molar-refractivity contribution in [2.24, 2.45) is 11.5 Å². The van der Waals surface area contributed by atoms with Crippen molar-refractivity contribution in [3.63, 3.8) is 0 Å². The Kier molecular flexibility index (Phi) is 7.01. The van der Waals surface area contributed by atoms with Gasteiger partial charge in [0.15, 0.2) is 0 Å². The predicted octanol–water partition coefficient (Wildman–Crippen LogP) is 1.78. The fraction of sp³-hybridized carbons (Fsp3) is 0.111. The Labute approximate surface area is 169 Å². The lowest BCUT2D eigenvalue weighted by Crippen LogP contribution is -2.12. The molecule has 0 saturated heterocycles. The lowest BCUT2D eigenvalue weighted by Gasteiger charge is -2.07. The monoisotopic (exact) mass is 414 g/mol. The summed E-state index contributed by atoms with van der Waals surface area (Å²) in [5.41, 5.74) is 10.1. The average molecular weight is 414 g/mol. The second-order valence-corrected chi connectivity index (χ2v) is 5.94. The number of anilines is 2. The lowest BCUT2D eigenvalue weighted by molar-refractivity contribution is -0.384. The Morgan fingerprint density at radius 1 is 0.800 bits per heavy atom. The maximum Gasteiger partial charge on any atom is 0.293 e. The number of nitrogens with zero attached hydrogens (tertiary/aromatic N) is 2. The van der Waals surface area contributed by atoms with Crippen molar-refractivity contribution in [3.8, 4) is 0 Å². The molecule has 0 aliphatic heterocycles. The molecule has 0 saturated carbocycles.